The van der Waals surface area contributed by atoms with Gasteiger partial charge in [-0.25, -0.2) is 0 Å². The molecule has 0 aromatic heterocycles. The Morgan fingerprint density at radius 1 is 1.64 bits per heavy atom. The summed E-state index contributed by atoms with van der Waals surface area (Å²) in [5.74, 6) is 0.274. The molecule has 1 amide bonds. The minimum absolute atomic E-state index is 0.0869. The van der Waals surface area contributed by atoms with Crippen molar-refractivity contribution in [3.05, 3.63) is 0 Å². The number of aliphatic hydroxyl groups is 1. The zero-order chi connectivity index (χ0) is 10.8. The molecule has 0 bridgehead atoms. The zero-order valence-electron chi connectivity index (χ0n) is 9.42. The van der Waals surface area contributed by atoms with E-state index in [4.69, 9.17) is 0 Å². The predicted molar refractivity (Wildman–Crippen MR) is 55.9 cm³/mol. The van der Waals surface area contributed by atoms with Crippen molar-refractivity contribution in [3.63, 3.8) is 0 Å². The van der Waals surface area contributed by atoms with Crippen molar-refractivity contribution in [2.24, 2.45) is 5.92 Å². The lowest BCUT2D eigenvalue weighted by atomic mass is 9.94. The summed E-state index contributed by atoms with van der Waals surface area (Å²) in [5.41, 5.74) is -0.679. The molecule has 0 spiro atoms. The van der Waals surface area contributed by atoms with E-state index in [1.165, 1.54) is 0 Å². The van der Waals surface area contributed by atoms with Crippen LogP contribution < -0.4 is 0 Å². The second kappa shape index (κ2) is 4.30. The molecule has 2 unspecified atom stereocenters. The van der Waals surface area contributed by atoms with Gasteiger partial charge in [-0.3, -0.25) is 4.79 Å². The third kappa shape index (κ3) is 2.71. The number of piperidine rings is 1. The Labute approximate surface area is 86.1 Å². The van der Waals surface area contributed by atoms with Crippen LogP contribution in [-0.4, -0.2) is 34.6 Å². The Kier molecular flexibility index (Phi) is 3.53. The van der Waals surface area contributed by atoms with Gasteiger partial charge in [0.1, 0.15) is 0 Å². The lowest BCUT2D eigenvalue weighted by Crippen LogP contribution is -2.49. The van der Waals surface area contributed by atoms with Crippen molar-refractivity contribution in [2.75, 3.05) is 13.1 Å². The molecule has 3 heteroatoms. The van der Waals surface area contributed by atoms with Crippen molar-refractivity contribution in [1.82, 2.24) is 4.90 Å². The van der Waals surface area contributed by atoms with Crippen LogP contribution in [0, 0.1) is 5.92 Å². The molecule has 82 valence electrons. The molecule has 0 aromatic rings. The van der Waals surface area contributed by atoms with Gasteiger partial charge in [0.2, 0.25) is 5.91 Å². The Morgan fingerprint density at radius 3 is 2.79 bits per heavy atom. The highest BCUT2D eigenvalue weighted by atomic mass is 16.3. The van der Waals surface area contributed by atoms with Crippen LogP contribution in [0.15, 0.2) is 0 Å². The van der Waals surface area contributed by atoms with Crippen LogP contribution in [0.25, 0.3) is 0 Å². The highest BCUT2D eigenvalue weighted by Crippen LogP contribution is 2.22. The molecular formula is C11H21NO2. The van der Waals surface area contributed by atoms with Crippen molar-refractivity contribution in [2.45, 2.75) is 45.6 Å². The lowest BCUT2D eigenvalue weighted by Gasteiger charge is -2.37. The topological polar surface area (TPSA) is 40.5 Å². The third-order valence-electron chi connectivity index (χ3n) is 3.02. The highest BCUT2D eigenvalue weighted by Gasteiger charge is 2.31. The molecule has 0 saturated carbocycles. The van der Waals surface area contributed by atoms with Crippen molar-refractivity contribution in [1.29, 1.82) is 0 Å². The fourth-order valence-electron chi connectivity index (χ4n) is 1.89. The number of carbonyl (C=O) groups excluding carboxylic acids is 1. The molecular weight excluding hydrogens is 178 g/mol. The number of nitrogens with zero attached hydrogens (tertiary/aromatic N) is 1. The molecule has 2 atom stereocenters. The molecule has 1 heterocycles. The summed E-state index contributed by atoms with van der Waals surface area (Å²) in [6.07, 6.45) is 2.59. The van der Waals surface area contributed by atoms with Crippen molar-refractivity contribution >= 4 is 5.91 Å². The summed E-state index contributed by atoms with van der Waals surface area (Å²) in [7, 11) is 0. The van der Waals surface area contributed by atoms with Gasteiger partial charge in [0, 0.05) is 19.0 Å². The second-order valence-corrected chi connectivity index (χ2v) is 4.67. The van der Waals surface area contributed by atoms with Crippen LogP contribution >= 0.6 is 0 Å². The van der Waals surface area contributed by atoms with Gasteiger partial charge in [-0.15, -0.1) is 0 Å². The first-order valence-electron chi connectivity index (χ1n) is 5.47. The van der Waals surface area contributed by atoms with Gasteiger partial charge in [0.05, 0.1) is 5.60 Å². The number of hydrogen-bond acceptors (Lipinski definition) is 2. The SMILES string of the molecule is CCC(C)C(=O)N1CCCC(C)(O)C1. The van der Waals surface area contributed by atoms with Gasteiger partial charge in [-0.1, -0.05) is 13.8 Å². The largest absolute Gasteiger partial charge is 0.388 e. The standard InChI is InChI=1S/C11H21NO2/c1-4-9(2)10(13)12-7-5-6-11(3,14)8-12/h9,14H,4-8H2,1-3H3. The van der Waals surface area contributed by atoms with Crippen LogP contribution in [0.5, 0.6) is 0 Å². The van der Waals surface area contributed by atoms with Gasteiger partial charge >= 0.3 is 0 Å². The molecule has 0 aliphatic carbocycles. The second-order valence-electron chi connectivity index (χ2n) is 4.67. The number of amides is 1. The Bertz CT molecular complexity index is 213. The predicted octanol–water partition coefficient (Wildman–Crippen LogP) is 1.41. The normalized spacial score (nSPS) is 30.1. The number of likely N-dealkylation sites (tertiary alicyclic amines) is 1. The number of carbonyl (C=O) groups is 1. The van der Waals surface area contributed by atoms with E-state index < -0.39 is 5.60 Å². The summed E-state index contributed by atoms with van der Waals surface area (Å²) >= 11 is 0. The van der Waals surface area contributed by atoms with E-state index in [-0.39, 0.29) is 11.8 Å². The van der Waals surface area contributed by atoms with E-state index in [2.05, 4.69) is 0 Å². The van der Waals surface area contributed by atoms with Crippen LogP contribution in [0.3, 0.4) is 0 Å². The summed E-state index contributed by atoms with van der Waals surface area (Å²) in [6.45, 7) is 7.08. The number of rotatable bonds is 2. The van der Waals surface area contributed by atoms with E-state index in [1.807, 2.05) is 20.8 Å². The lowest BCUT2D eigenvalue weighted by molar-refractivity contribution is -0.141. The van der Waals surface area contributed by atoms with Crippen LogP contribution in [0.1, 0.15) is 40.0 Å². The van der Waals surface area contributed by atoms with Gasteiger partial charge in [-0.05, 0) is 26.2 Å². The zero-order valence-corrected chi connectivity index (χ0v) is 9.42. The van der Waals surface area contributed by atoms with E-state index in [0.29, 0.717) is 6.54 Å². The Hall–Kier alpha value is -0.570. The minimum Gasteiger partial charge on any atom is -0.388 e. The molecule has 1 aliphatic rings. The smallest absolute Gasteiger partial charge is 0.225 e. The first kappa shape index (κ1) is 11.5. The Morgan fingerprint density at radius 2 is 2.29 bits per heavy atom. The maximum atomic E-state index is 11.8. The first-order valence-corrected chi connectivity index (χ1v) is 5.47. The highest BCUT2D eigenvalue weighted by molar-refractivity contribution is 5.78. The van der Waals surface area contributed by atoms with E-state index in [1.54, 1.807) is 4.90 Å². The first-order chi connectivity index (χ1) is 6.46. The van der Waals surface area contributed by atoms with Crippen LogP contribution in [0.4, 0.5) is 0 Å². The molecule has 3 nitrogen and oxygen atoms in total. The fraction of sp³-hybridized carbons (Fsp3) is 0.909. The van der Waals surface area contributed by atoms with Crippen LogP contribution in [-0.2, 0) is 4.79 Å². The number of β-amino-alcohol motifs (C(OH)–C–C–N with tert-alkyl or cyclic N) is 1. The summed E-state index contributed by atoms with van der Waals surface area (Å²) < 4.78 is 0. The van der Waals surface area contributed by atoms with Gasteiger partial charge in [0.25, 0.3) is 0 Å². The molecule has 1 rings (SSSR count). The maximum absolute atomic E-state index is 11.8. The van der Waals surface area contributed by atoms with Gasteiger partial charge in [0.15, 0.2) is 0 Å². The molecule has 1 saturated heterocycles. The maximum Gasteiger partial charge on any atom is 0.225 e. The van der Waals surface area contributed by atoms with Crippen molar-refractivity contribution in [3.8, 4) is 0 Å². The summed E-state index contributed by atoms with van der Waals surface area (Å²) in [6, 6.07) is 0. The molecule has 1 aliphatic heterocycles. The van der Waals surface area contributed by atoms with E-state index >= 15 is 0 Å². The molecule has 14 heavy (non-hydrogen) atoms. The summed E-state index contributed by atoms with van der Waals surface area (Å²) in [4.78, 5) is 13.6. The van der Waals surface area contributed by atoms with Crippen LogP contribution in [0.2, 0.25) is 0 Å². The Balaban J connectivity index is 2.56. The monoisotopic (exact) mass is 199 g/mol. The molecule has 0 radical (unpaired) electrons. The van der Waals surface area contributed by atoms with E-state index in [0.717, 1.165) is 25.8 Å². The summed E-state index contributed by atoms with van der Waals surface area (Å²) in [5, 5.41) is 9.85. The fourth-order valence-corrected chi connectivity index (χ4v) is 1.89. The quantitative estimate of drug-likeness (QED) is 0.730. The molecule has 1 N–H and O–H groups in total. The minimum atomic E-state index is -0.679. The van der Waals surface area contributed by atoms with Gasteiger partial charge in [-0.2, -0.15) is 0 Å². The van der Waals surface area contributed by atoms with Gasteiger partial charge < -0.3 is 10.0 Å². The average Bonchev–Trinajstić information content (AvgIpc) is 2.14. The molecule has 0 aromatic carbocycles. The number of hydrogen-bond donors (Lipinski definition) is 1. The average molecular weight is 199 g/mol. The van der Waals surface area contributed by atoms with Crippen molar-refractivity contribution < 1.29 is 9.90 Å². The molecule has 1 fully saturated rings. The third-order valence-corrected chi connectivity index (χ3v) is 3.02. The van der Waals surface area contributed by atoms with E-state index in [9.17, 15) is 9.90 Å².